The first-order valence-corrected chi connectivity index (χ1v) is 6.75. The predicted octanol–water partition coefficient (Wildman–Crippen LogP) is 2.84. The fourth-order valence-corrected chi connectivity index (χ4v) is 2.17. The molecule has 0 heterocycles. The maximum absolute atomic E-state index is 13.2. The van der Waals surface area contributed by atoms with Gasteiger partial charge in [0.2, 0.25) is 0 Å². The molecule has 0 fully saturated rings. The maximum atomic E-state index is 13.2. The van der Waals surface area contributed by atoms with E-state index in [0.717, 1.165) is 12.8 Å². The van der Waals surface area contributed by atoms with Crippen LogP contribution >= 0.6 is 15.9 Å². The highest BCUT2D eigenvalue weighted by molar-refractivity contribution is 9.10. The Morgan fingerprint density at radius 1 is 1.44 bits per heavy atom. The van der Waals surface area contributed by atoms with E-state index in [9.17, 15) is 9.18 Å². The second-order valence-electron chi connectivity index (χ2n) is 4.27. The molecule has 0 radical (unpaired) electrons. The van der Waals surface area contributed by atoms with Crippen molar-refractivity contribution in [2.75, 3.05) is 6.54 Å². The molecule has 0 aromatic heterocycles. The Kier molecular flexibility index (Phi) is 5.28. The summed E-state index contributed by atoms with van der Waals surface area (Å²) in [5.41, 5.74) is 5.58. The summed E-state index contributed by atoms with van der Waals surface area (Å²) in [6, 6.07) is 4.04. The third-order valence-corrected chi connectivity index (χ3v) is 3.99. The molecular weight excluding hydrogens is 299 g/mol. The van der Waals surface area contributed by atoms with Crippen molar-refractivity contribution in [3.05, 3.63) is 34.1 Å². The van der Waals surface area contributed by atoms with Gasteiger partial charge >= 0.3 is 0 Å². The molecule has 1 amide bonds. The molecule has 0 aliphatic rings. The number of amides is 1. The number of benzene rings is 1. The van der Waals surface area contributed by atoms with E-state index in [0.29, 0.717) is 11.0 Å². The first kappa shape index (κ1) is 15.1. The Morgan fingerprint density at radius 2 is 2.06 bits per heavy atom. The lowest BCUT2D eigenvalue weighted by molar-refractivity contribution is 0.0894. The topological polar surface area (TPSA) is 55.1 Å². The van der Waals surface area contributed by atoms with Gasteiger partial charge in [-0.05, 0) is 47.0 Å². The van der Waals surface area contributed by atoms with E-state index in [1.807, 2.05) is 13.8 Å². The number of carbonyl (C=O) groups is 1. The third-order valence-electron chi connectivity index (χ3n) is 3.30. The molecule has 18 heavy (non-hydrogen) atoms. The van der Waals surface area contributed by atoms with Crippen LogP contribution in [0.3, 0.4) is 0 Å². The lowest BCUT2D eigenvalue weighted by Crippen LogP contribution is -2.52. The minimum atomic E-state index is -0.435. The van der Waals surface area contributed by atoms with E-state index < -0.39 is 11.4 Å². The van der Waals surface area contributed by atoms with Gasteiger partial charge in [-0.2, -0.15) is 0 Å². The zero-order valence-electron chi connectivity index (χ0n) is 10.6. The highest BCUT2D eigenvalue weighted by Gasteiger charge is 2.27. The summed E-state index contributed by atoms with van der Waals surface area (Å²) in [7, 11) is 0. The highest BCUT2D eigenvalue weighted by atomic mass is 79.9. The van der Waals surface area contributed by atoms with Crippen LogP contribution in [0.25, 0.3) is 0 Å². The van der Waals surface area contributed by atoms with Crippen LogP contribution in [0.1, 0.15) is 37.0 Å². The molecule has 5 heteroatoms. The second-order valence-corrected chi connectivity index (χ2v) is 5.12. The molecular formula is C13H18BrFN2O. The van der Waals surface area contributed by atoms with Crippen molar-refractivity contribution in [3.63, 3.8) is 0 Å². The van der Waals surface area contributed by atoms with Crippen molar-refractivity contribution >= 4 is 21.8 Å². The van der Waals surface area contributed by atoms with Crippen LogP contribution in [0.4, 0.5) is 4.39 Å². The molecule has 0 saturated heterocycles. The van der Waals surface area contributed by atoms with Crippen LogP contribution in [-0.2, 0) is 0 Å². The van der Waals surface area contributed by atoms with Gasteiger partial charge in [-0.15, -0.1) is 0 Å². The largest absolute Gasteiger partial charge is 0.345 e. The zero-order chi connectivity index (χ0) is 13.8. The molecule has 1 aromatic rings. The monoisotopic (exact) mass is 316 g/mol. The van der Waals surface area contributed by atoms with Crippen LogP contribution in [0.15, 0.2) is 22.7 Å². The fourth-order valence-electron chi connectivity index (χ4n) is 1.75. The Hall–Kier alpha value is -0.940. The van der Waals surface area contributed by atoms with Crippen molar-refractivity contribution < 1.29 is 9.18 Å². The molecule has 0 spiro atoms. The summed E-state index contributed by atoms with van der Waals surface area (Å²) in [4.78, 5) is 12.1. The number of rotatable bonds is 5. The Balaban J connectivity index is 2.97. The normalized spacial score (nSPS) is 11.4. The van der Waals surface area contributed by atoms with E-state index >= 15 is 0 Å². The molecule has 0 aliphatic carbocycles. The lowest BCUT2D eigenvalue weighted by atomic mass is 9.92. The number of nitrogens with one attached hydrogen (secondary N) is 1. The number of hydrogen-bond acceptors (Lipinski definition) is 2. The summed E-state index contributed by atoms with van der Waals surface area (Å²) in [5.74, 6) is -0.745. The van der Waals surface area contributed by atoms with Crippen molar-refractivity contribution in [1.29, 1.82) is 0 Å². The van der Waals surface area contributed by atoms with Crippen LogP contribution in [0.5, 0.6) is 0 Å². The average Bonchev–Trinajstić information content (AvgIpc) is 2.38. The molecule has 1 aromatic carbocycles. The van der Waals surface area contributed by atoms with Gasteiger partial charge in [-0.1, -0.05) is 13.8 Å². The van der Waals surface area contributed by atoms with Crippen LogP contribution < -0.4 is 11.1 Å². The Morgan fingerprint density at radius 3 is 2.56 bits per heavy atom. The Labute approximate surface area is 115 Å². The van der Waals surface area contributed by atoms with Crippen molar-refractivity contribution in [3.8, 4) is 0 Å². The molecule has 1 rings (SSSR count). The Bertz CT molecular complexity index is 425. The van der Waals surface area contributed by atoms with Gasteiger partial charge in [0.05, 0.1) is 11.1 Å². The van der Waals surface area contributed by atoms with E-state index in [-0.39, 0.29) is 11.5 Å². The number of carbonyl (C=O) groups excluding carboxylic acids is 1. The molecule has 3 N–H and O–H groups in total. The summed E-state index contributed by atoms with van der Waals surface area (Å²) in [6.07, 6.45) is 1.47. The van der Waals surface area contributed by atoms with E-state index in [4.69, 9.17) is 5.73 Å². The smallest absolute Gasteiger partial charge is 0.253 e. The van der Waals surface area contributed by atoms with Gasteiger partial charge < -0.3 is 11.1 Å². The molecule has 100 valence electrons. The summed E-state index contributed by atoms with van der Waals surface area (Å²) in [6.45, 7) is 4.30. The van der Waals surface area contributed by atoms with Gasteiger partial charge in [-0.3, -0.25) is 4.79 Å². The van der Waals surface area contributed by atoms with Crippen molar-refractivity contribution in [2.45, 2.75) is 32.2 Å². The first-order valence-electron chi connectivity index (χ1n) is 5.95. The third kappa shape index (κ3) is 3.29. The number of nitrogens with two attached hydrogens (primary N) is 1. The molecule has 3 nitrogen and oxygen atoms in total. The first-order chi connectivity index (χ1) is 8.48. The number of halogens is 2. The number of hydrogen-bond donors (Lipinski definition) is 2. The van der Waals surface area contributed by atoms with Crippen LogP contribution in [0, 0.1) is 5.82 Å². The maximum Gasteiger partial charge on any atom is 0.253 e. The summed E-state index contributed by atoms with van der Waals surface area (Å²) >= 11 is 3.25. The van der Waals surface area contributed by atoms with Gasteiger partial charge in [0, 0.05) is 11.0 Å². The van der Waals surface area contributed by atoms with Crippen molar-refractivity contribution in [1.82, 2.24) is 5.32 Å². The SMILES string of the molecule is CCC(CC)(CN)NC(=O)c1cc(F)ccc1Br. The van der Waals surface area contributed by atoms with E-state index in [1.54, 1.807) is 0 Å². The minimum Gasteiger partial charge on any atom is -0.345 e. The summed E-state index contributed by atoms with van der Waals surface area (Å²) in [5, 5.41) is 2.90. The fraction of sp³-hybridized carbons (Fsp3) is 0.462. The van der Waals surface area contributed by atoms with Gasteiger partial charge in [0.25, 0.3) is 5.91 Å². The minimum absolute atomic E-state index is 0.287. The van der Waals surface area contributed by atoms with Crippen molar-refractivity contribution in [2.24, 2.45) is 5.73 Å². The predicted molar refractivity (Wildman–Crippen MR) is 73.9 cm³/mol. The molecule has 0 aliphatic heterocycles. The quantitative estimate of drug-likeness (QED) is 0.877. The van der Waals surface area contributed by atoms with Crippen LogP contribution in [-0.4, -0.2) is 18.0 Å². The standard InChI is InChI=1S/C13H18BrFN2O/c1-3-13(4-2,8-16)17-12(18)10-7-9(15)5-6-11(10)14/h5-7H,3-4,8,16H2,1-2H3,(H,17,18). The molecule has 0 atom stereocenters. The second kappa shape index (κ2) is 6.29. The highest BCUT2D eigenvalue weighted by Crippen LogP contribution is 2.20. The van der Waals surface area contributed by atoms with Gasteiger partial charge in [0.1, 0.15) is 5.82 Å². The van der Waals surface area contributed by atoms with Crippen LogP contribution in [0.2, 0.25) is 0 Å². The van der Waals surface area contributed by atoms with E-state index in [2.05, 4.69) is 21.2 Å². The lowest BCUT2D eigenvalue weighted by Gasteiger charge is -2.31. The summed E-state index contributed by atoms with van der Waals surface area (Å²) < 4.78 is 13.7. The zero-order valence-corrected chi connectivity index (χ0v) is 12.2. The molecule has 0 saturated carbocycles. The average molecular weight is 317 g/mol. The van der Waals surface area contributed by atoms with Gasteiger partial charge in [0.15, 0.2) is 0 Å². The molecule has 0 bridgehead atoms. The van der Waals surface area contributed by atoms with E-state index in [1.165, 1.54) is 18.2 Å². The van der Waals surface area contributed by atoms with Gasteiger partial charge in [-0.25, -0.2) is 4.39 Å². The molecule has 0 unspecified atom stereocenters.